The number of hydrogen-bond donors (Lipinski definition) is 1. The molecule has 1 aliphatic rings. The number of likely N-dealkylation sites (N-methyl/N-ethyl adjacent to an activating group) is 1. The molecule has 1 N–H and O–H groups in total. The molecule has 1 amide bonds. The van der Waals surface area contributed by atoms with Gasteiger partial charge in [0, 0.05) is 28.8 Å². The van der Waals surface area contributed by atoms with E-state index in [4.69, 9.17) is 0 Å². The number of carbonyl (C=O) groups is 1. The number of amides is 1. The van der Waals surface area contributed by atoms with Gasteiger partial charge in [0.1, 0.15) is 0 Å². The van der Waals surface area contributed by atoms with Gasteiger partial charge in [-0.05, 0) is 60.2 Å². The fourth-order valence-corrected chi connectivity index (χ4v) is 2.71. The Kier molecular flexibility index (Phi) is 4.39. The summed E-state index contributed by atoms with van der Waals surface area (Å²) in [5.74, 6) is 0.109. The first-order valence-electron chi connectivity index (χ1n) is 5.91. The zero-order valence-electron chi connectivity index (χ0n) is 9.95. The molecule has 1 aromatic rings. The van der Waals surface area contributed by atoms with Crippen molar-refractivity contribution in [1.29, 1.82) is 0 Å². The first-order valence-corrected chi connectivity index (χ1v) is 6.99. The third-order valence-corrected chi connectivity index (χ3v) is 3.75. The van der Waals surface area contributed by atoms with Crippen molar-refractivity contribution in [3.63, 3.8) is 0 Å². The lowest BCUT2D eigenvalue weighted by Crippen LogP contribution is -2.38. The number of benzene rings is 1. The minimum absolute atomic E-state index is 0.109. The summed E-state index contributed by atoms with van der Waals surface area (Å²) in [6, 6.07) is 8.20. The summed E-state index contributed by atoms with van der Waals surface area (Å²) in [5.41, 5.74) is 0.775. The minimum Gasteiger partial charge on any atom is -0.340 e. The number of nitrogens with zero attached hydrogens (tertiary/aromatic N) is 1. The molecule has 4 heteroatoms. The van der Waals surface area contributed by atoms with Crippen molar-refractivity contribution in [3.8, 4) is 0 Å². The van der Waals surface area contributed by atoms with Gasteiger partial charge in [-0.3, -0.25) is 4.79 Å². The quantitative estimate of drug-likeness (QED) is 0.852. The lowest BCUT2D eigenvalue weighted by molar-refractivity contribution is 0.0784. The second-order valence-corrected chi connectivity index (χ2v) is 5.73. The van der Waals surface area contributed by atoms with E-state index in [0.29, 0.717) is 6.04 Å². The number of carbonyl (C=O) groups excluding carboxylic acids is 1. The van der Waals surface area contributed by atoms with E-state index < -0.39 is 0 Å². The first-order chi connectivity index (χ1) is 8.16. The van der Waals surface area contributed by atoms with Gasteiger partial charge in [0.05, 0.1) is 0 Å². The maximum Gasteiger partial charge on any atom is 0.253 e. The second-order valence-electron chi connectivity index (χ2n) is 4.49. The summed E-state index contributed by atoms with van der Waals surface area (Å²) in [5, 5.41) is 3.41. The molecule has 1 fully saturated rings. The number of halogens is 1. The molecule has 1 aromatic carbocycles. The van der Waals surface area contributed by atoms with Gasteiger partial charge >= 0.3 is 0 Å². The highest BCUT2D eigenvalue weighted by atomic mass is 127. The van der Waals surface area contributed by atoms with Crippen molar-refractivity contribution in [3.05, 3.63) is 33.4 Å². The molecule has 92 valence electrons. The maximum absolute atomic E-state index is 12.2. The van der Waals surface area contributed by atoms with Crippen molar-refractivity contribution in [1.82, 2.24) is 10.2 Å². The molecule has 2 rings (SSSR count). The summed E-state index contributed by atoms with van der Waals surface area (Å²) in [7, 11) is 1.88. The zero-order chi connectivity index (χ0) is 12.3. The standard InChI is InChI=1S/C13H17IN2O/c1-16(9-12-6-3-7-15-12)13(17)10-4-2-5-11(14)8-10/h2,4-5,8,12,15H,3,6-7,9H2,1H3. The fraction of sp³-hybridized carbons (Fsp3) is 0.462. The third kappa shape index (κ3) is 3.42. The molecule has 1 heterocycles. The van der Waals surface area contributed by atoms with Crippen LogP contribution < -0.4 is 5.32 Å². The van der Waals surface area contributed by atoms with Crippen molar-refractivity contribution in [2.24, 2.45) is 0 Å². The fourth-order valence-electron chi connectivity index (χ4n) is 2.17. The van der Waals surface area contributed by atoms with Crippen molar-refractivity contribution >= 4 is 28.5 Å². The van der Waals surface area contributed by atoms with Crippen LogP contribution >= 0.6 is 22.6 Å². The van der Waals surface area contributed by atoms with Gasteiger partial charge in [-0.2, -0.15) is 0 Å². The maximum atomic E-state index is 12.2. The minimum atomic E-state index is 0.109. The highest BCUT2D eigenvalue weighted by Crippen LogP contribution is 2.12. The Balaban J connectivity index is 1.98. The highest BCUT2D eigenvalue weighted by molar-refractivity contribution is 14.1. The molecule has 1 aliphatic heterocycles. The van der Waals surface area contributed by atoms with E-state index >= 15 is 0 Å². The van der Waals surface area contributed by atoms with Gasteiger partial charge in [0.25, 0.3) is 5.91 Å². The topological polar surface area (TPSA) is 32.3 Å². The van der Waals surface area contributed by atoms with E-state index in [1.54, 1.807) is 0 Å². The van der Waals surface area contributed by atoms with Gasteiger partial charge in [-0.25, -0.2) is 0 Å². The molecule has 1 atom stereocenters. The predicted octanol–water partition coefficient (Wildman–Crippen LogP) is 2.12. The third-order valence-electron chi connectivity index (χ3n) is 3.07. The zero-order valence-corrected chi connectivity index (χ0v) is 12.1. The summed E-state index contributed by atoms with van der Waals surface area (Å²) >= 11 is 2.23. The molecule has 0 bridgehead atoms. The van der Waals surface area contributed by atoms with Crippen LogP contribution in [0.1, 0.15) is 23.2 Å². The molecular weight excluding hydrogens is 327 g/mol. The molecule has 0 aromatic heterocycles. The van der Waals surface area contributed by atoms with Gasteiger partial charge in [-0.1, -0.05) is 6.07 Å². The van der Waals surface area contributed by atoms with Crippen LogP contribution in [0, 0.1) is 3.57 Å². The van der Waals surface area contributed by atoms with Crippen LogP contribution in [-0.2, 0) is 0 Å². The summed E-state index contributed by atoms with van der Waals surface area (Å²) in [6.07, 6.45) is 2.39. The van der Waals surface area contributed by atoms with Gasteiger partial charge in [0.2, 0.25) is 0 Å². The Morgan fingerprint density at radius 2 is 2.41 bits per heavy atom. The molecule has 0 radical (unpaired) electrons. The van der Waals surface area contributed by atoms with Gasteiger partial charge in [0.15, 0.2) is 0 Å². The molecule has 1 saturated heterocycles. The predicted molar refractivity (Wildman–Crippen MR) is 77.1 cm³/mol. The van der Waals surface area contributed by atoms with Crippen LogP contribution in [0.25, 0.3) is 0 Å². The Labute approximate surface area is 116 Å². The summed E-state index contributed by atoms with van der Waals surface area (Å²) in [4.78, 5) is 14.0. The molecular formula is C13H17IN2O. The van der Waals surface area contributed by atoms with Gasteiger partial charge in [-0.15, -0.1) is 0 Å². The molecule has 17 heavy (non-hydrogen) atoms. The molecule has 3 nitrogen and oxygen atoms in total. The average molecular weight is 344 g/mol. The Morgan fingerprint density at radius 3 is 3.06 bits per heavy atom. The summed E-state index contributed by atoms with van der Waals surface area (Å²) in [6.45, 7) is 1.88. The van der Waals surface area contributed by atoms with E-state index in [0.717, 1.165) is 22.2 Å². The van der Waals surface area contributed by atoms with Crippen LogP contribution in [0.15, 0.2) is 24.3 Å². The monoisotopic (exact) mass is 344 g/mol. The van der Waals surface area contributed by atoms with Crippen LogP contribution in [0.3, 0.4) is 0 Å². The Morgan fingerprint density at radius 1 is 1.59 bits per heavy atom. The second kappa shape index (κ2) is 5.82. The van der Waals surface area contributed by atoms with Crippen LogP contribution in [-0.4, -0.2) is 37.0 Å². The normalized spacial score (nSPS) is 19.3. The van der Waals surface area contributed by atoms with Crippen LogP contribution in [0.4, 0.5) is 0 Å². The van der Waals surface area contributed by atoms with Crippen molar-refractivity contribution in [2.45, 2.75) is 18.9 Å². The Bertz CT molecular complexity index is 402. The Hall–Kier alpha value is -0.620. The number of rotatable bonds is 3. The van der Waals surface area contributed by atoms with Crippen molar-refractivity contribution in [2.75, 3.05) is 20.1 Å². The lowest BCUT2D eigenvalue weighted by Gasteiger charge is -2.21. The average Bonchev–Trinajstić information content (AvgIpc) is 2.80. The van der Waals surface area contributed by atoms with Crippen LogP contribution in [0.2, 0.25) is 0 Å². The lowest BCUT2D eigenvalue weighted by atomic mass is 10.1. The molecule has 0 aliphatic carbocycles. The molecule has 0 spiro atoms. The van der Waals surface area contributed by atoms with E-state index in [1.165, 1.54) is 12.8 Å². The summed E-state index contributed by atoms with van der Waals surface area (Å²) < 4.78 is 1.10. The van der Waals surface area contributed by atoms with E-state index in [2.05, 4.69) is 27.9 Å². The van der Waals surface area contributed by atoms with E-state index in [9.17, 15) is 4.79 Å². The van der Waals surface area contributed by atoms with Gasteiger partial charge < -0.3 is 10.2 Å². The number of hydrogen-bond acceptors (Lipinski definition) is 2. The first kappa shape index (κ1) is 12.8. The molecule has 0 saturated carbocycles. The molecule has 1 unspecified atom stereocenters. The van der Waals surface area contributed by atoms with Crippen molar-refractivity contribution < 1.29 is 4.79 Å². The van der Waals surface area contributed by atoms with Crippen LogP contribution in [0.5, 0.6) is 0 Å². The SMILES string of the molecule is CN(CC1CCCN1)C(=O)c1cccc(I)c1. The largest absolute Gasteiger partial charge is 0.340 e. The highest BCUT2D eigenvalue weighted by Gasteiger charge is 2.19. The van der Waals surface area contributed by atoms with E-state index in [1.807, 2.05) is 36.2 Å². The smallest absolute Gasteiger partial charge is 0.253 e. The van der Waals surface area contributed by atoms with E-state index in [-0.39, 0.29) is 5.91 Å². The number of nitrogens with one attached hydrogen (secondary N) is 1.